The maximum absolute atomic E-state index is 14.1. The Bertz CT molecular complexity index is 2500. The van der Waals surface area contributed by atoms with E-state index in [0.29, 0.717) is 22.5 Å². The van der Waals surface area contributed by atoms with Crippen molar-refractivity contribution >= 4 is 56.9 Å². The normalized spacial score (nSPS) is 12.8. The first-order valence-corrected chi connectivity index (χ1v) is 20.5. The highest BCUT2D eigenvalue weighted by molar-refractivity contribution is 7.90. The van der Waals surface area contributed by atoms with Crippen molar-refractivity contribution in [3.05, 3.63) is 96.4 Å². The van der Waals surface area contributed by atoms with Crippen LogP contribution in [0.3, 0.4) is 0 Å². The molecule has 3 aromatic carbocycles. The summed E-state index contributed by atoms with van der Waals surface area (Å²) in [6.45, 7) is 11.4. The average molecular weight is 847 g/mol. The Hall–Kier alpha value is -6.56. The van der Waals surface area contributed by atoms with E-state index in [9.17, 15) is 32.0 Å². The van der Waals surface area contributed by atoms with Crippen LogP contribution in [0.25, 0.3) is 16.8 Å². The average Bonchev–Trinajstić information content (AvgIpc) is 3.56. The highest BCUT2D eigenvalue weighted by Gasteiger charge is 2.37. The number of nitrogens with zero attached hydrogens (tertiary/aromatic N) is 4. The van der Waals surface area contributed by atoms with Crippen molar-refractivity contribution in [2.45, 2.75) is 77.7 Å². The number of rotatable bonds is 12. The minimum atomic E-state index is -3.69. The number of ether oxygens (including phenoxy) is 4. The maximum Gasteiger partial charge on any atom is 0.424 e. The number of carbonyl (C=O) groups is 4. The minimum absolute atomic E-state index is 0.000723. The van der Waals surface area contributed by atoms with Crippen LogP contribution in [0.1, 0.15) is 54.0 Å². The molecular formula is C42H47FN6O10S. The Kier molecular flexibility index (Phi) is 13.2. The maximum atomic E-state index is 14.1. The van der Waals surface area contributed by atoms with E-state index in [1.54, 1.807) is 96.3 Å². The number of nitrogens with one attached hydrogen (secondary N) is 2. The van der Waals surface area contributed by atoms with Crippen molar-refractivity contribution < 1.29 is 50.9 Å². The zero-order valence-electron chi connectivity index (χ0n) is 34.6. The van der Waals surface area contributed by atoms with Gasteiger partial charge in [-0.2, -0.15) is 4.98 Å². The molecule has 2 unspecified atom stereocenters. The topological polar surface area (TPSA) is 197 Å². The first-order valence-electron chi connectivity index (χ1n) is 18.6. The van der Waals surface area contributed by atoms with Gasteiger partial charge in [0.1, 0.15) is 23.2 Å². The molecule has 5 rings (SSSR count). The molecule has 0 saturated heterocycles. The molecule has 60 heavy (non-hydrogen) atoms. The summed E-state index contributed by atoms with van der Waals surface area (Å²) in [5.41, 5.74) is 1.29. The molecule has 0 spiro atoms. The van der Waals surface area contributed by atoms with E-state index in [-0.39, 0.29) is 40.4 Å². The van der Waals surface area contributed by atoms with Crippen LogP contribution in [0.15, 0.2) is 90.0 Å². The van der Waals surface area contributed by atoms with E-state index in [4.69, 9.17) is 18.9 Å². The second-order valence-electron chi connectivity index (χ2n) is 15.8. The summed E-state index contributed by atoms with van der Waals surface area (Å²) in [4.78, 5) is 58.1. The van der Waals surface area contributed by atoms with Gasteiger partial charge in [-0.15, -0.1) is 5.10 Å². The van der Waals surface area contributed by atoms with Gasteiger partial charge in [-0.3, -0.25) is 4.79 Å². The number of fused-ring (bicyclic) bond motifs is 1. The molecule has 0 bridgehead atoms. The van der Waals surface area contributed by atoms with Gasteiger partial charge in [0.15, 0.2) is 15.5 Å². The number of alkyl carbamates (subject to hydrolysis) is 1. The summed E-state index contributed by atoms with van der Waals surface area (Å²) in [7, 11) is -2.40. The van der Waals surface area contributed by atoms with Crippen molar-refractivity contribution in [3.8, 4) is 16.9 Å². The van der Waals surface area contributed by atoms with Crippen LogP contribution in [0.2, 0.25) is 0 Å². The molecule has 0 fully saturated rings. The third-order valence-corrected chi connectivity index (χ3v) is 9.72. The summed E-state index contributed by atoms with van der Waals surface area (Å²) in [5.74, 6) is -1.82. The summed E-state index contributed by atoms with van der Waals surface area (Å²) in [6.07, 6.45) is -0.731. The predicted octanol–water partition coefficient (Wildman–Crippen LogP) is 7.23. The van der Waals surface area contributed by atoms with Gasteiger partial charge in [-0.25, -0.2) is 36.6 Å². The molecular weight excluding hydrogens is 800 g/mol. The smallest absolute Gasteiger partial charge is 0.424 e. The van der Waals surface area contributed by atoms with Crippen molar-refractivity contribution in [3.63, 3.8) is 0 Å². The number of anilines is 3. The summed E-state index contributed by atoms with van der Waals surface area (Å²) in [5, 5.41) is 9.90. The van der Waals surface area contributed by atoms with Crippen LogP contribution in [0.5, 0.6) is 5.75 Å². The quantitative estimate of drug-likeness (QED) is 0.0946. The molecule has 5 aromatic rings. The number of carbonyl (C=O) groups excluding carboxylic acids is 4. The second kappa shape index (κ2) is 17.7. The zero-order chi connectivity index (χ0) is 44.2. The number of methoxy groups -OCH3 is 1. The van der Waals surface area contributed by atoms with Crippen LogP contribution in [0.4, 0.5) is 31.3 Å². The third-order valence-electron chi connectivity index (χ3n) is 8.61. The molecule has 2 heterocycles. The van der Waals surface area contributed by atoms with Crippen molar-refractivity contribution in [1.82, 2.24) is 19.9 Å². The number of hydrogen-bond donors (Lipinski definition) is 2. The van der Waals surface area contributed by atoms with E-state index < -0.39 is 51.3 Å². The Morgan fingerprint density at radius 2 is 1.53 bits per heavy atom. The van der Waals surface area contributed by atoms with Gasteiger partial charge in [0.25, 0.3) is 5.95 Å². The van der Waals surface area contributed by atoms with Crippen LogP contribution in [-0.2, 0) is 40.1 Å². The van der Waals surface area contributed by atoms with Gasteiger partial charge in [0.05, 0.1) is 24.1 Å². The number of benzene rings is 3. The summed E-state index contributed by atoms with van der Waals surface area (Å²) >= 11 is 0. The van der Waals surface area contributed by atoms with E-state index >= 15 is 0 Å². The van der Waals surface area contributed by atoms with E-state index in [0.717, 1.165) is 16.7 Å². The lowest BCUT2D eigenvalue weighted by Gasteiger charge is -2.31. The number of amides is 3. The summed E-state index contributed by atoms with van der Waals surface area (Å²) in [6, 6.07) is 18.8. The Morgan fingerprint density at radius 3 is 2.13 bits per heavy atom. The fraction of sp³-hybridized carbons (Fsp3) is 0.333. The van der Waals surface area contributed by atoms with Gasteiger partial charge < -0.3 is 29.6 Å². The number of esters is 1. The molecule has 2 N–H and O–H groups in total. The highest BCUT2D eigenvalue weighted by Crippen LogP contribution is 2.36. The van der Waals surface area contributed by atoms with E-state index in [1.165, 1.54) is 48.9 Å². The Labute approximate surface area is 346 Å². The molecule has 0 saturated carbocycles. The van der Waals surface area contributed by atoms with Crippen LogP contribution in [-0.4, -0.2) is 78.4 Å². The fourth-order valence-electron chi connectivity index (χ4n) is 5.74. The largest absolute Gasteiger partial charge is 0.495 e. The minimum Gasteiger partial charge on any atom is -0.495 e. The Morgan fingerprint density at radius 1 is 0.883 bits per heavy atom. The first-order chi connectivity index (χ1) is 28.0. The van der Waals surface area contributed by atoms with Gasteiger partial charge in [-0.05, 0) is 85.8 Å². The molecule has 3 amide bonds. The first kappa shape index (κ1) is 44.5. The monoisotopic (exact) mass is 846 g/mol. The molecule has 0 aliphatic rings. The van der Waals surface area contributed by atoms with Crippen LogP contribution >= 0.6 is 0 Å². The van der Waals surface area contributed by atoms with Crippen LogP contribution < -0.4 is 20.3 Å². The lowest BCUT2D eigenvalue weighted by molar-refractivity contribution is -0.169. The standard InChI is InChI=1S/C42H47FN6O10S/c1-25(57-37(51)36(41(2,3)4)46-39(52)59-42(5,6)7)58-40(53)49(32-20-19-31(60(9,54)55)23-33(32)56-8)38-45-34-21-14-28(24-48(34)47-38)27-12-17-30(18-13-27)44-35(50)22-26-10-15-29(43)16-11-26/h10-21,23-25,36H,22H2,1-9H3,(H,44,50)(H,46,52). The third kappa shape index (κ3) is 11.6. The van der Waals surface area contributed by atoms with E-state index in [2.05, 4.69) is 20.7 Å². The highest BCUT2D eigenvalue weighted by atomic mass is 32.2. The molecule has 0 aliphatic heterocycles. The van der Waals surface area contributed by atoms with Crippen molar-refractivity contribution in [2.75, 3.05) is 23.6 Å². The summed E-state index contributed by atoms with van der Waals surface area (Å²) < 4.78 is 61.4. The second-order valence-corrected chi connectivity index (χ2v) is 17.9. The SMILES string of the molecule is COc1cc(S(C)(=O)=O)ccc1N(C(=O)OC(C)OC(=O)C(NC(=O)OC(C)(C)C)C(C)(C)C)c1nc2ccc(-c3ccc(NC(=O)Cc4ccc(F)cc4)cc3)cn2n1. The molecule has 0 radical (unpaired) electrons. The number of hydrogen-bond acceptors (Lipinski definition) is 12. The Balaban J connectivity index is 1.41. The molecule has 2 aromatic heterocycles. The number of pyridine rings is 1. The molecule has 2 atom stereocenters. The number of halogens is 1. The van der Waals surface area contributed by atoms with Crippen LogP contribution in [0, 0.1) is 11.2 Å². The zero-order valence-corrected chi connectivity index (χ0v) is 35.4. The fourth-order valence-corrected chi connectivity index (χ4v) is 6.38. The van der Waals surface area contributed by atoms with Gasteiger partial charge in [0.2, 0.25) is 12.2 Å². The lowest BCUT2D eigenvalue weighted by atomic mass is 9.87. The molecule has 318 valence electrons. The van der Waals surface area contributed by atoms with Crippen molar-refractivity contribution in [2.24, 2.45) is 5.41 Å². The van der Waals surface area contributed by atoms with Gasteiger partial charge >= 0.3 is 18.2 Å². The predicted molar refractivity (Wildman–Crippen MR) is 220 cm³/mol. The molecule has 16 nitrogen and oxygen atoms in total. The number of aromatic nitrogens is 3. The lowest BCUT2D eigenvalue weighted by Crippen LogP contribution is -2.52. The van der Waals surface area contributed by atoms with Gasteiger partial charge in [0, 0.05) is 36.7 Å². The van der Waals surface area contributed by atoms with Gasteiger partial charge in [-0.1, -0.05) is 45.0 Å². The van der Waals surface area contributed by atoms with Crippen molar-refractivity contribution in [1.29, 1.82) is 0 Å². The number of sulfone groups is 1. The molecule has 18 heteroatoms. The van der Waals surface area contributed by atoms with E-state index in [1.807, 2.05) is 0 Å². The molecule has 0 aliphatic carbocycles.